The number of halogens is 5. The lowest BCUT2D eigenvalue weighted by Crippen LogP contribution is -2.44. The number of aromatic amines is 1. The number of aromatic nitrogens is 5. The van der Waals surface area contributed by atoms with Crippen LogP contribution in [0.1, 0.15) is 37.1 Å². The number of carbonyl (C=O) groups is 1. The van der Waals surface area contributed by atoms with Gasteiger partial charge in [-0.2, -0.15) is 23.4 Å². The van der Waals surface area contributed by atoms with Crippen LogP contribution >= 0.6 is 0 Å². The van der Waals surface area contributed by atoms with Gasteiger partial charge in [0.15, 0.2) is 5.69 Å². The zero-order chi connectivity index (χ0) is 27.9. The van der Waals surface area contributed by atoms with Gasteiger partial charge in [-0.3, -0.25) is 9.48 Å². The number of aldehydes is 1. The molecule has 1 unspecified atom stereocenters. The molecule has 0 saturated carbocycles. The van der Waals surface area contributed by atoms with Gasteiger partial charge in [0, 0.05) is 44.4 Å². The van der Waals surface area contributed by atoms with Crippen LogP contribution in [-0.4, -0.2) is 82.6 Å². The number of hydrogen-bond acceptors (Lipinski definition) is 8. The highest BCUT2D eigenvalue weighted by Crippen LogP contribution is 2.33. The number of anilines is 1. The van der Waals surface area contributed by atoms with E-state index in [1.54, 1.807) is 13.0 Å². The smallest absolute Gasteiger partial charge is 0.379 e. The Balaban J connectivity index is 0.000000221. The van der Waals surface area contributed by atoms with E-state index in [1.807, 2.05) is 5.10 Å². The third kappa shape index (κ3) is 7.31. The van der Waals surface area contributed by atoms with E-state index in [-0.39, 0.29) is 30.7 Å². The van der Waals surface area contributed by atoms with Gasteiger partial charge in [0.25, 0.3) is 12.0 Å². The second kappa shape index (κ2) is 12.9. The van der Waals surface area contributed by atoms with Gasteiger partial charge in [-0.25, -0.2) is 18.9 Å². The Morgan fingerprint density at radius 3 is 2.45 bits per heavy atom. The van der Waals surface area contributed by atoms with E-state index in [4.69, 9.17) is 4.74 Å². The van der Waals surface area contributed by atoms with Crippen molar-refractivity contribution in [1.29, 1.82) is 0 Å². The van der Waals surface area contributed by atoms with Crippen LogP contribution in [0.2, 0.25) is 0 Å². The van der Waals surface area contributed by atoms with Gasteiger partial charge in [0.1, 0.15) is 17.5 Å². The van der Waals surface area contributed by atoms with Crippen molar-refractivity contribution in [1.82, 2.24) is 29.9 Å². The molecule has 3 aromatic heterocycles. The van der Waals surface area contributed by atoms with Gasteiger partial charge in [-0.15, -0.1) is 0 Å². The second-order valence-corrected chi connectivity index (χ2v) is 8.67. The molecular formula is C23H28F5N7O3. The lowest BCUT2D eigenvalue weighted by molar-refractivity contribution is -0.140. The molecule has 38 heavy (non-hydrogen) atoms. The van der Waals surface area contributed by atoms with E-state index in [9.17, 15) is 31.5 Å². The normalized spacial score (nSPS) is 15.4. The van der Waals surface area contributed by atoms with Crippen LogP contribution in [0.3, 0.4) is 0 Å². The van der Waals surface area contributed by atoms with Crippen LogP contribution in [0.5, 0.6) is 0 Å². The van der Waals surface area contributed by atoms with Gasteiger partial charge in [-0.1, -0.05) is 0 Å². The topological polar surface area (TPSA) is 109 Å². The summed E-state index contributed by atoms with van der Waals surface area (Å²) >= 11 is 0. The molecule has 4 heterocycles. The molecule has 1 aliphatic rings. The summed E-state index contributed by atoms with van der Waals surface area (Å²) < 4.78 is 69.9. The lowest BCUT2D eigenvalue weighted by atomic mass is 10.2. The number of nitrogens with zero attached hydrogens (tertiary/aromatic N) is 6. The first-order valence-corrected chi connectivity index (χ1v) is 11.7. The zero-order valence-electron chi connectivity index (χ0n) is 20.8. The number of alkyl halides is 5. The number of piperazine rings is 1. The summed E-state index contributed by atoms with van der Waals surface area (Å²) in [4.78, 5) is 30.3. The number of nitrogens with one attached hydrogen (secondary N) is 1. The van der Waals surface area contributed by atoms with Crippen molar-refractivity contribution in [3.8, 4) is 0 Å². The maximum absolute atomic E-state index is 13.0. The van der Waals surface area contributed by atoms with Gasteiger partial charge in [0.2, 0.25) is 0 Å². The number of ether oxygens (including phenoxy) is 1. The first kappa shape index (κ1) is 29.1. The maximum atomic E-state index is 13.0. The Kier molecular flexibility index (Phi) is 9.85. The predicted molar refractivity (Wildman–Crippen MR) is 128 cm³/mol. The van der Waals surface area contributed by atoms with Crippen molar-refractivity contribution in [3.05, 3.63) is 46.1 Å². The Bertz CT molecular complexity index is 1240. The molecule has 1 saturated heterocycles. The second-order valence-electron chi connectivity index (χ2n) is 8.67. The molecule has 0 amide bonds. The van der Waals surface area contributed by atoms with Crippen molar-refractivity contribution in [2.75, 3.05) is 51.3 Å². The SMILES string of the molecule is CC(COCCC=O)n1nc(C(F)(F)F)c2c(=O)[nH]ncc21.CN1CCN(c2ccc(C(F)F)cn2)CC1. The van der Waals surface area contributed by atoms with Crippen LogP contribution in [0.4, 0.5) is 27.8 Å². The number of carbonyl (C=O) groups excluding carboxylic acids is 1. The Morgan fingerprint density at radius 2 is 1.87 bits per heavy atom. The Hall–Kier alpha value is -3.46. The third-order valence-electron chi connectivity index (χ3n) is 5.80. The molecule has 3 aromatic rings. The van der Waals surface area contributed by atoms with E-state index in [1.165, 1.54) is 12.3 Å². The highest BCUT2D eigenvalue weighted by atomic mass is 19.4. The van der Waals surface area contributed by atoms with E-state index < -0.39 is 35.3 Å². The minimum absolute atomic E-state index is 0.0159. The molecule has 1 fully saturated rings. The fraction of sp³-hybridized carbons (Fsp3) is 0.522. The summed E-state index contributed by atoms with van der Waals surface area (Å²) in [7, 11) is 2.07. The van der Waals surface area contributed by atoms with E-state index in [2.05, 4.69) is 32.0 Å². The van der Waals surface area contributed by atoms with Crippen LogP contribution < -0.4 is 10.5 Å². The number of hydrogen-bond donors (Lipinski definition) is 1. The van der Waals surface area contributed by atoms with Crippen LogP contribution in [0, 0.1) is 0 Å². The number of likely N-dealkylation sites (N-methyl/N-ethyl adjacent to an activating group) is 1. The summed E-state index contributed by atoms with van der Waals surface area (Å²) in [5.74, 6) is 0.789. The standard InChI is InChI=1S/C12H13F3N4O3.C11H15F2N3/c1-7(6-22-4-2-3-20)19-8-5-16-17-11(21)9(8)10(18-19)12(13,14)15;1-15-4-6-16(7-5-15)10-3-2-9(8-14-10)11(12)13/h3,5,7H,2,4,6H2,1H3,(H,17,21);2-3,8,11H,4-7H2,1H3. The summed E-state index contributed by atoms with van der Waals surface area (Å²) in [5, 5.41) is 8.43. The predicted octanol–water partition coefficient (Wildman–Crippen LogP) is 3.08. The first-order valence-electron chi connectivity index (χ1n) is 11.7. The van der Waals surface area contributed by atoms with E-state index in [0.717, 1.165) is 42.9 Å². The van der Waals surface area contributed by atoms with Gasteiger partial charge < -0.3 is 19.3 Å². The van der Waals surface area contributed by atoms with Crippen molar-refractivity contribution >= 4 is 23.0 Å². The van der Waals surface area contributed by atoms with Gasteiger partial charge >= 0.3 is 6.18 Å². The summed E-state index contributed by atoms with van der Waals surface area (Å²) in [6.07, 6.45) is -3.94. The van der Waals surface area contributed by atoms with Crippen LogP contribution in [-0.2, 0) is 15.7 Å². The first-order chi connectivity index (χ1) is 18.0. The quantitative estimate of drug-likeness (QED) is 0.261. The minimum Gasteiger partial charge on any atom is -0.379 e. The summed E-state index contributed by atoms with van der Waals surface area (Å²) in [5.41, 5.74) is -2.25. The molecule has 0 aromatic carbocycles. The largest absolute Gasteiger partial charge is 0.435 e. The molecule has 1 atom stereocenters. The number of pyridine rings is 1. The Labute approximate surface area is 214 Å². The maximum Gasteiger partial charge on any atom is 0.435 e. The number of fused-ring (bicyclic) bond motifs is 1. The molecule has 1 N–H and O–H groups in total. The minimum atomic E-state index is -4.75. The van der Waals surface area contributed by atoms with Gasteiger partial charge in [-0.05, 0) is 26.1 Å². The van der Waals surface area contributed by atoms with Gasteiger partial charge in [0.05, 0.1) is 31.0 Å². The number of H-pyrrole nitrogens is 1. The molecular weight excluding hydrogens is 517 g/mol. The average molecular weight is 546 g/mol. The fourth-order valence-electron chi connectivity index (χ4n) is 3.74. The van der Waals surface area contributed by atoms with Crippen molar-refractivity contribution in [2.45, 2.75) is 32.0 Å². The Morgan fingerprint density at radius 1 is 1.16 bits per heavy atom. The van der Waals surface area contributed by atoms with Crippen LogP contribution in [0.25, 0.3) is 10.9 Å². The highest BCUT2D eigenvalue weighted by Gasteiger charge is 2.38. The average Bonchev–Trinajstić information content (AvgIpc) is 3.29. The van der Waals surface area contributed by atoms with Crippen molar-refractivity contribution in [3.63, 3.8) is 0 Å². The summed E-state index contributed by atoms with van der Waals surface area (Å²) in [6.45, 7) is 5.58. The molecule has 1 aliphatic heterocycles. The van der Waals surface area contributed by atoms with Crippen LogP contribution in [0.15, 0.2) is 29.3 Å². The van der Waals surface area contributed by atoms with E-state index in [0.29, 0.717) is 6.29 Å². The molecule has 0 bridgehead atoms. The zero-order valence-corrected chi connectivity index (χ0v) is 20.8. The highest BCUT2D eigenvalue weighted by molar-refractivity contribution is 5.80. The summed E-state index contributed by atoms with van der Waals surface area (Å²) in [6, 6.07) is 2.56. The molecule has 0 radical (unpaired) electrons. The van der Waals surface area contributed by atoms with E-state index >= 15 is 0 Å². The van der Waals surface area contributed by atoms with Crippen molar-refractivity contribution in [2.24, 2.45) is 0 Å². The molecule has 208 valence electrons. The third-order valence-corrected chi connectivity index (χ3v) is 5.80. The number of rotatable bonds is 8. The fourth-order valence-corrected chi connectivity index (χ4v) is 3.74. The molecule has 0 aliphatic carbocycles. The van der Waals surface area contributed by atoms with Crippen molar-refractivity contribution < 1.29 is 31.5 Å². The molecule has 10 nitrogen and oxygen atoms in total. The monoisotopic (exact) mass is 545 g/mol. The lowest BCUT2D eigenvalue weighted by Gasteiger charge is -2.33. The molecule has 15 heteroatoms. The molecule has 0 spiro atoms. The molecule has 4 rings (SSSR count).